The number of carbonyl (C=O) groups is 2. The molecule has 2 N–H and O–H groups in total. The minimum absolute atomic E-state index is 0.0965. The standard InChI is InChI=1S/C35H45N3O4/c1-3-21-41-33-18-17-30(22-27(33)2)25-38(32-16-7-8-20-37-35(32)40)34(39)26-42-31-15-9-13-29(23-31)24-36-19-10-14-28-11-5-4-6-12-28/h4-6,9,11-13,15,17-18,22-23,32,36H,3,7-8,10,14,16,19-21,24-26H2,1-2H3,(H,37,40)/t32-/m0/s1. The quantitative estimate of drug-likeness (QED) is 0.233. The number of nitrogens with one attached hydrogen (secondary N) is 2. The Morgan fingerprint density at radius 3 is 2.62 bits per heavy atom. The lowest BCUT2D eigenvalue weighted by Crippen LogP contribution is -2.49. The van der Waals surface area contributed by atoms with Gasteiger partial charge >= 0.3 is 0 Å². The number of hydrogen-bond acceptors (Lipinski definition) is 5. The average molecular weight is 572 g/mol. The van der Waals surface area contributed by atoms with Crippen LogP contribution in [0.5, 0.6) is 11.5 Å². The Morgan fingerprint density at radius 1 is 0.976 bits per heavy atom. The highest BCUT2D eigenvalue weighted by atomic mass is 16.5. The van der Waals surface area contributed by atoms with Gasteiger partial charge in [-0.3, -0.25) is 9.59 Å². The topological polar surface area (TPSA) is 79.9 Å². The van der Waals surface area contributed by atoms with Gasteiger partial charge in [-0.05, 0) is 92.4 Å². The van der Waals surface area contributed by atoms with Crippen LogP contribution in [0.3, 0.4) is 0 Å². The summed E-state index contributed by atoms with van der Waals surface area (Å²) in [5.41, 5.74) is 4.42. The summed E-state index contributed by atoms with van der Waals surface area (Å²) in [6.07, 6.45) is 5.49. The third-order valence-corrected chi connectivity index (χ3v) is 7.51. The fraction of sp³-hybridized carbons (Fsp3) is 0.429. The van der Waals surface area contributed by atoms with Gasteiger partial charge in [0.1, 0.15) is 17.5 Å². The van der Waals surface area contributed by atoms with E-state index in [9.17, 15) is 9.59 Å². The Bertz CT molecular complexity index is 1280. The van der Waals surface area contributed by atoms with Crippen molar-refractivity contribution in [3.05, 3.63) is 95.1 Å². The normalized spacial score (nSPS) is 15.0. The minimum Gasteiger partial charge on any atom is -0.493 e. The Labute approximate surface area is 250 Å². The number of amides is 2. The second-order valence-corrected chi connectivity index (χ2v) is 11.0. The van der Waals surface area contributed by atoms with Gasteiger partial charge in [0, 0.05) is 19.6 Å². The van der Waals surface area contributed by atoms with Crippen molar-refractivity contribution in [2.75, 3.05) is 26.3 Å². The second kappa shape index (κ2) is 16.6. The molecule has 4 rings (SSSR count). The molecule has 1 aliphatic rings. The van der Waals surface area contributed by atoms with E-state index < -0.39 is 6.04 Å². The van der Waals surface area contributed by atoms with E-state index in [2.05, 4.69) is 47.9 Å². The van der Waals surface area contributed by atoms with Crippen molar-refractivity contribution in [1.82, 2.24) is 15.5 Å². The smallest absolute Gasteiger partial charge is 0.261 e. The SMILES string of the molecule is CCCOc1ccc(CN(C(=O)COc2cccc(CNCCCc3ccccc3)c2)[C@H]2CCCCNC2=O)cc1C. The fourth-order valence-corrected chi connectivity index (χ4v) is 5.24. The van der Waals surface area contributed by atoms with Crippen molar-refractivity contribution in [3.8, 4) is 11.5 Å². The summed E-state index contributed by atoms with van der Waals surface area (Å²) in [5, 5.41) is 6.48. The molecular weight excluding hydrogens is 526 g/mol. The van der Waals surface area contributed by atoms with E-state index in [0.717, 1.165) is 67.6 Å². The molecule has 0 aliphatic carbocycles. The van der Waals surface area contributed by atoms with Gasteiger partial charge < -0.3 is 25.0 Å². The molecule has 42 heavy (non-hydrogen) atoms. The van der Waals surface area contributed by atoms with Crippen molar-refractivity contribution < 1.29 is 19.1 Å². The molecule has 224 valence electrons. The van der Waals surface area contributed by atoms with Crippen LogP contribution < -0.4 is 20.1 Å². The van der Waals surface area contributed by atoms with E-state index in [4.69, 9.17) is 9.47 Å². The summed E-state index contributed by atoms with van der Waals surface area (Å²) in [6.45, 7) is 7.24. The predicted molar refractivity (Wildman–Crippen MR) is 167 cm³/mol. The summed E-state index contributed by atoms with van der Waals surface area (Å²) >= 11 is 0. The van der Waals surface area contributed by atoms with E-state index >= 15 is 0 Å². The highest BCUT2D eigenvalue weighted by molar-refractivity contribution is 5.88. The van der Waals surface area contributed by atoms with Crippen LogP contribution in [0.1, 0.15) is 61.3 Å². The van der Waals surface area contributed by atoms with Gasteiger partial charge in [-0.25, -0.2) is 0 Å². The molecule has 1 aliphatic heterocycles. The monoisotopic (exact) mass is 571 g/mol. The molecule has 1 heterocycles. The van der Waals surface area contributed by atoms with Crippen LogP contribution in [-0.2, 0) is 29.1 Å². The van der Waals surface area contributed by atoms with Gasteiger partial charge in [0.15, 0.2) is 6.61 Å². The Balaban J connectivity index is 1.35. The van der Waals surface area contributed by atoms with Crippen molar-refractivity contribution in [2.24, 2.45) is 0 Å². The molecule has 0 radical (unpaired) electrons. The molecule has 1 saturated heterocycles. The maximum Gasteiger partial charge on any atom is 0.261 e. The highest BCUT2D eigenvalue weighted by Gasteiger charge is 2.31. The van der Waals surface area contributed by atoms with Gasteiger partial charge in [-0.2, -0.15) is 0 Å². The molecule has 3 aromatic rings. The van der Waals surface area contributed by atoms with Gasteiger partial charge in [-0.1, -0.05) is 61.5 Å². The first-order valence-corrected chi connectivity index (χ1v) is 15.3. The van der Waals surface area contributed by atoms with Crippen LogP contribution in [0.25, 0.3) is 0 Å². The molecule has 2 amide bonds. The number of aryl methyl sites for hydroxylation is 2. The molecule has 7 nitrogen and oxygen atoms in total. The van der Waals surface area contributed by atoms with Gasteiger partial charge in [0.25, 0.3) is 5.91 Å². The maximum atomic E-state index is 13.6. The molecule has 0 bridgehead atoms. The average Bonchev–Trinajstić information content (AvgIpc) is 3.22. The van der Waals surface area contributed by atoms with Gasteiger partial charge in [0.2, 0.25) is 5.91 Å². The lowest BCUT2D eigenvalue weighted by Gasteiger charge is -2.30. The van der Waals surface area contributed by atoms with Crippen molar-refractivity contribution in [2.45, 2.75) is 71.5 Å². The van der Waals surface area contributed by atoms with E-state index in [1.165, 1.54) is 5.56 Å². The molecule has 0 aromatic heterocycles. The lowest BCUT2D eigenvalue weighted by atomic mass is 10.1. The van der Waals surface area contributed by atoms with Crippen LogP contribution >= 0.6 is 0 Å². The summed E-state index contributed by atoms with van der Waals surface area (Å²) in [6, 6.07) is 23.8. The highest BCUT2D eigenvalue weighted by Crippen LogP contribution is 2.23. The molecule has 0 spiro atoms. The molecule has 1 fully saturated rings. The third-order valence-electron chi connectivity index (χ3n) is 7.51. The van der Waals surface area contributed by atoms with E-state index in [0.29, 0.717) is 31.9 Å². The molecule has 7 heteroatoms. The molecule has 1 atom stereocenters. The van der Waals surface area contributed by atoms with Crippen LogP contribution in [-0.4, -0.2) is 49.1 Å². The zero-order valence-electron chi connectivity index (χ0n) is 25.1. The number of nitrogens with zero attached hydrogens (tertiary/aromatic N) is 1. The lowest BCUT2D eigenvalue weighted by molar-refractivity contribution is -0.142. The summed E-state index contributed by atoms with van der Waals surface area (Å²) in [7, 11) is 0. The molecule has 3 aromatic carbocycles. The Kier molecular flexibility index (Phi) is 12.3. The van der Waals surface area contributed by atoms with E-state index in [1.807, 2.05) is 49.4 Å². The van der Waals surface area contributed by atoms with Crippen LogP contribution in [0.4, 0.5) is 0 Å². The zero-order chi connectivity index (χ0) is 29.6. The van der Waals surface area contributed by atoms with Gasteiger partial charge in [0.05, 0.1) is 6.61 Å². The first-order chi connectivity index (χ1) is 20.5. The molecule has 0 unspecified atom stereocenters. The maximum absolute atomic E-state index is 13.6. The number of hydrogen-bond donors (Lipinski definition) is 2. The fourth-order valence-electron chi connectivity index (χ4n) is 5.24. The van der Waals surface area contributed by atoms with Crippen LogP contribution in [0.15, 0.2) is 72.8 Å². The molecule has 0 saturated carbocycles. The Morgan fingerprint density at radius 2 is 1.81 bits per heavy atom. The number of rotatable bonds is 15. The first-order valence-electron chi connectivity index (χ1n) is 15.3. The van der Waals surface area contributed by atoms with Crippen LogP contribution in [0.2, 0.25) is 0 Å². The number of ether oxygens (including phenoxy) is 2. The van der Waals surface area contributed by atoms with E-state index in [-0.39, 0.29) is 18.4 Å². The summed E-state index contributed by atoms with van der Waals surface area (Å²) in [4.78, 5) is 28.2. The van der Waals surface area contributed by atoms with Gasteiger partial charge in [-0.15, -0.1) is 0 Å². The third kappa shape index (κ3) is 9.62. The van der Waals surface area contributed by atoms with Crippen molar-refractivity contribution in [1.29, 1.82) is 0 Å². The zero-order valence-corrected chi connectivity index (χ0v) is 25.1. The summed E-state index contributed by atoms with van der Waals surface area (Å²) in [5.74, 6) is 1.19. The number of carbonyl (C=O) groups excluding carboxylic acids is 2. The van der Waals surface area contributed by atoms with Crippen molar-refractivity contribution in [3.63, 3.8) is 0 Å². The predicted octanol–water partition coefficient (Wildman–Crippen LogP) is 5.58. The summed E-state index contributed by atoms with van der Waals surface area (Å²) < 4.78 is 11.8. The first kappa shape index (κ1) is 31.1. The molecular formula is C35H45N3O4. The largest absolute Gasteiger partial charge is 0.493 e. The minimum atomic E-state index is -0.522. The second-order valence-electron chi connectivity index (χ2n) is 11.0. The van der Waals surface area contributed by atoms with E-state index in [1.54, 1.807) is 4.90 Å². The Hall–Kier alpha value is -3.84. The van der Waals surface area contributed by atoms with Crippen LogP contribution in [0, 0.1) is 6.92 Å². The number of benzene rings is 3. The van der Waals surface area contributed by atoms with Crippen molar-refractivity contribution >= 4 is 11.8 Å².